The van der Waals surface area contributed by atoms with Gasteiger partial charge in [0.2, 0.25) is 10.0 Å². The first-order valence-electron chi connectivity index (χ1n) is 8.42. The molecular weight excluding hydrogens is 470 g/mol. The fraction of sp³-hybridized carbons (Fsp3) is 0.222. The molecule has 1 aliphatic rings. The summed E-state index contributed by atoms with van der Waals surface area (Å²) in [5.74, 6) is -1.11. The molecule has 28 heavy (non-hydrogen) atoms. The SMILES string of the molecule is O=C(NNC(=O)C1CCCN1S(=O)(=O)c1ccc(Br)cc1)c1ccc(Cl)cc1. The minimum Gasteiger partial charge on any atom is -0.271 e. The normalized spacial score (nSPS) is 17.3. The van der Waals surface area contributed by atoms with Gasteiger partial charge in [0.1, 0.15) is 6.04 Å². The third-order valence-corrected chi connectivity index (χ3v) is 7.04. The van der Waals surface area contributed by atoms with Crippen LogP contribution in [0.25, 0.3) is 0 Å². The Kier molecular flexibility index (Phi) is 6.39. The Morgan fingerprint density at radius 3 is 2.32 bits per heavy atom. The molecular formula is C18H17BrClN3O4S. The molecule has 0 aliphatic carbocycles. The number of sulfonamides is 1. The van der Waals surface area contributed by atoms with E-state index in [-0.39, 0.29) is 11.4 Å². The maximum absolute atomic E-state index is 12.9. The molecule has 1 aliphatic heterocycles. The molecule has 148 valence electrons. The average Bonchev–Trinajstić information content (AvgIpc) is 3.17. The van der Waals surface area contributed by atoms with Gasteiger partial charge in [-0.15, -0.1) is 0 Å². The Bertz CT molecular complexity index is 981. The molecule has 2 amide bonds. The highest BCUT2D eigenvalue weighted by Crippen LogP contribution is 2.27. The Balaban J connectivity index is 1.68. The summed E-state index contributed by atoms with van der Waals surface area (Å²) in [4.78, 5) is 24.7. The van der Waals surface area contributed by atoms with Crippen LogP contribution in [0.3, 0.4) is 0 Å². The first kappa shape index (κ1) is 20.8. The molecule has 2 aromatic carbocycles. The van der Waals surface area contributed by atoms with Crippen molar-refractivity contribution in [2.75, 3.05) is 6.54 Å². The van der Waals surface area contributed by atoms with Gasteiger partial charge in [-0.1, -0.05) is 27.5 Å². The van der Waals surface area contributed by atoms with Crippen LogP contribution in [-0.2, 0) is 14.8 Å². The van der Waals surface area contributed by atoms with Crippen LogP contribution >= 0.6 is 27.5 Å². The highest BCUT2D eigenvalue weighted by Gasteiger charge is 2.39. The molecule has 7 nitrogen and oxygen atoms in total. The van der Waals surface area contributed by atoms with Crippen LogP contribution in [0, 0.1) is 0 Å². The first-order chi connectivity index (χ1) is 13.3. The molecule has 1 unspecified atom stereocenters. The van der Waals surface area contributed by atoms with E-state index >= 15 is 0 Å². The van der Waals surface area contributed by atoms with E-state index in [1.165, 1.54) is 28.6 Å². The summed E-state index contributed by atoms with van der Waals surface area (Å²) in [5, 5.41) is 0.486. The van der Waals surface area contributed by atoms with Crippen molar-refractivity contribution in [1.29, 1.82) is 0 Å². The second-order valence-corrected chi connectivity index (χ2v) is 9.42. The molecule has 1 fully saturated rings. The van der Waals surface area contributed by atoms with Crippen molar-refractivity contribution in [2.45, 2.75) is 23.8 Å². The molecule has 0 bridgehead atoms. The van der Waals surface area contributed by atoms with Crippen molar-refractivity contribution in [1.82, 2.24) is 15.2 Å². The van der Waals surface area contributed by atoms with Crippen molar-refractivity contribution in [3.8, 4) is 0 Å². The number of nitrogens with zero attached hydrogens (tertiary/aromatic N) is 1. The van der Waals surface area contributed by atoms with E-state index in [2.05, 4.69) is 26.8 Å². The second-order valence-electron chi connectivity index (χ2n) is 6.18. The Labute approximate surface area is 176 Å². The van der Waals surface area contributed by atoms with Gasteiger partial charge in [0.15, 0.2) is 0 Å². The number of halogens is 2. The van der Waals surface area contributed by atoms with Gasteiger partial charge in [-0.3, -0.25) is 20.4 Å². The van der Waals surface area contributed by atoms with Gasteiger partial charge in [0.05, 0.1) is 4.90 Å². The van der Waals surface area contributed by atoms with Gasteiger partial charge in [-0.2, -0.15) is 4.31 Å². The van der Waals surface area contributed by atoms with E-state index in [0.29, 0.717) is 23.4 Å². The summed E-state index contributed by atoms with van der Waals surface area (Å²) in [7, 11) is -3.82. The number of amides is 2. The van der Waals surface area contributed by atoms with Gasteiger partial charge in [-0.05, 0) is 61.4 Å². The van der Waals surface area contributed by atoms with Crippen molar-refractivity contribution >= 4 is 49.4 Å². The molecule has 0 saturated carbocycles. The first-order valence-corrected chi connectivity index (χ1v) is 11.0. The summed E-state index contributed by atoms with van der Waals surface area (Å²) >= 11 is 9.05. The fourth-order valence-electron chi connectivity index (χ4n) is 2.91. The summed E-state index contributed by atoms with van der Waals surface area (Å²) < 4.78 is 27.7. The molecule has 0 spiro atoms. The average molecular weight is 487 g/mol. The number of nitrogens with one attached hydrogen (secondary N) is 2. The standard InChI is InChI=1S/C18H17BrClN3O4S/c19-13-5-9-15(10-6-13)28(26,27)23-11-1-2-16(23)18(25)22-21-17(24)12-3-7-14(20)8-4-12/h3-10,16H,1-2,11H2,(H,21,24)(H,22,25). The lowest BCUT2D eigenvalue weighted by Gasteiger charge is -2.23. The zero-order chi connectivity index (χ0) is 20.3. The molecule has 10 heteroatoms. The van der Waals surface area contributed by atoms with Crippen molar-refractivity contribution in [3.63, 3.8) is 0 Å². The number of carbonyl (C=O) groups excluding carboxylic acids is 2. The molecule has 2 aromatic rings. The molecule has 2 N–H and O–H groups in total. The van der Waals surface area contributed by atoms with Gasteiger partial charge in [0, 0.05) is 21.6 Å². The highest BCUT2D eigenvalue weighted by molar-refractivity contribution is 9.10. The lowest BCUT2D eigenvalue weighted by Crippen LogP contribution is -2.51. The summed E-state index contributed by atoms with van der Waals surface area (Å²) in [6.07, 6.45) is 0.928. The molecule has 1 atom stereocenters. The number of rotatable bonds is 4. The molecule has 0 aromatic heterocycles. The fourth-order valence-corrected chi connectivity index (χ4v) is 4.95. The van der Waals surface area contributed by atoms with Gasteiger partial charge in [0.25, 0.3) is 11.8 Å². The quantitative estimate of drug-likeness (QED) is 0.650. The van der Waals surface area contributed by atoms with E-state index in [9.17, 15) is 18.0 Å². The largest absolute Gasteiger partial charge is 0.271 e. The lowest BCUT2D eigenvalue weighted by molar-refractivity contribution is -0.125. The molecule has 0 radical (unpaired) electrons. The van der Waals surface area contributed by atoms with Crippen LogP contribution in [0.4, 0.5) is 0 Å². The molecule has 1 heterocycles. The molecule has 3 rings (SSSR count). The Morgan fingerprint density at radius 2 is 1.68 bits per heavy atom. The topological polar surface area (TPSA) is 95.6 Å². The van der Waals surface area contributed by atoms with Crippen molar-refractivity contribution < 1.29 is 18.0 Å². The maximum Gasteiger partial charge on any atom is 0.269 e. The van der Waals surface area contributed by atoms with Gasteiger partial charge >= 0.3 is 0 Å². The predicted octanol–water partition coefficient (Wildman–Crippen LogP) is 2.72. The minimum atomic E-state index is -3.82. The number of benzene rings is 2. The summed E-state index contributed by atoms with van der Waals surface area (Å²) in [6, 6.07) is 11.5. The van der Waals surface area contributed by atoms with Crippen molar-refractivity contribution in [3.05, 3.63) is 63.6 Å². The Morgan fingerprint density at radius 1 is 1.04 bits per heavy atom. The number of hydrogen-bond acceptors (Lipinski definition) is 4. The van der Waals surface area contributed by atoms with Crippen LogP contribution in [0.15, 0.2) is 57.9 Å². The van der Waals surface area contributed by atoms with Gasteiger partial charge < -0.3 is 0 Å². The van der Waals surface area contributed by atoms with E-state index in [0.717, 1.165) is 4.47 Å². The number of hydrogen-bond donors (Lipinski definition) is 2. The van der Waals surface area contributed by atoms with Crippen molar-refractivity contribution in [2.24, 2.45) is 0 Å². The number of hydrazine groups is 1. The lowest BCUT2D eigenvalue weighted by atomic mass is 10.2. The Hall–Kier alpha value is -1.94. The minimum absolute atomic E-state index is 0.112. The smallest absolute Gasteiger partial charge is 0.269 e. The highest BCUT2D eigenvalue weighted by atomic mass is 79.9. The molecule has 1 saturated heterocycles. The van der Waals surface area contributed by atoms with Crippen LogP contribution in [0.5, 0.6) is 0 Å². The second kappa shape index (κ2) is 8.60. The summed E-state index contributed by atoms with van der Waals surface area (Å²) in [6.45, 7) is 0.238. The maximum atomic E-state index is 12.9. The number of carbonyl (C=O) groups is 2. The summed E-state index contributed by atoms with van der Waals surface area (Å²) in [5.41, 5.74) is 4.94. The zero-order valence-electron chi connectivity index (χ0n) is 14.6. The monoisotopic (exact) mass is 485 g/mol. The van der Waals surface area contributed by atoms with E-state index in [1.54, 1.807) is 24.3 Å². The van der Waals surface area contributed by atoms with Crippen LogP contribution < -0.4 is 10.9 Å². The third kappa shape index (κ3) is 4.54. The van der Waals surface area contributed by atoms with Gasteiger partial charge in [-0.25, -0.2) is 8.42 Å². The van der Waals surface area contributed by atoms with Crippen LogP contribution in [-0.4, -0.2) is 37.1 Å². The predicted molar refractivity (Wildman–Crippen MR) is 108 cm³/mol. The van der Waals surface area contributed by atoms with E-state index in [1.807, 2.05) is 0 Å². The zero-order valence-corrected chi connectivity index (χ0v) is 17.7. The van der Waals surface area contributed by atoms with Crippen LogP contribution in [0.1, 0.15) is 23.2 Å². The van der Waals surface area contributed by atoms with Crippen LogP contribution in [0.2, 0.25) is 5.02 Å². The van der Waals surface area contributed by atoms with E-state index in [4.69, 9.17) is 11.6 Å². The third-order valence-electron chi connectivity index (χ3n) is 4.33. The van der Waals surface area contributed by atoms with E-state index < -0.39 is 27.9 Å².